The minimum absolute atomic E-state index is 0.00629. The van der Waals surface area contributed by atoms with Crippen LogP contribution < -0.4 is 19.7 Å². The highest BCUT2D eigenvalue weighted by molar-refractivity contribution is 7.99. The standard InChI is InChI=1S/C37H50N2O6S2/c1-6-46-27(3)22-30-24-33(28-10-13-31(43-5)14-11-28)36(25-38-30)45-37(47(40,41)32-15-8-26(2)9-16-32)29-12-17-35-34(23-29)39(19-21-44-35)18-7-20-42-4/h8-17,23,27,30,33,36-38H,6-7,18-22,24-25H2,1-5H3/t27?,30-,33+,36-,37?/m0/s1. The number of nitrogens with zero attached hydrogens (tertiary/aromatic N) is 1. The minimum Gasteiger partial charge on any atom is -0.497 e. The number of hydrogen-bond acceptors (Lipinski definition) is 9. The van der Waals surface area contributed by atoms with Gasteiger partial charge in [0.05, 0.1) is 30.3 Å². The van der Waals surface area contributed by atoms with Crippen molar-refractivity contribution in [2.75, 3.05) is 57.7 Å². The maximum Gasteiger partial charge on any atom is 0.209 e. The maximum atomic E-state index is 14.6. The molecule has 0 radical (unpaired) electrons. The van der Waals surface area contributed by atoms with Crippen molar-refractivity contribution < 1.29 is 27.4 Å². The second-order valence-corrected chi connectivity index (χ2v) is 16.2. The summed E-state index contributed by atoms with van der Waals surface area (Å²) in [5.41, 5.74) is 2.38. The van der Waals surface area contributed by atoms with Gasteiger partial charge >= 0.3 is 0 Å². The van der Waals surface area contributed by atoms with Crippen molar-refractivity contribution in [3.05, 3.63) is 83.4 Å². The van der Waals surface area contributed by atoms with Crippen LogP contribution in [0.3, 0.4) is 0 Å². The Bertz CT molecular complexity index is 1530. The number of aryl methyl sites for hydroxylation is 1. The van der Waals surface area contributed by atoms with Crippen LogP contribution in [0.1, 0.15) is 61.2 Å². The number of piperidine rings is 1. The molecule has 0 bridgehead atoms. The zero-order valence-electron chi connectivity index (χ0n) is 28.3. The van der Waals surface area contributed by atoms with Crippen molar-refractivity contribution in [3.8, 4) is 11.5 Å². The van der Waals surface area contributed by atoms with Crippen LogP contribution in [-0.4, -0.2) is 78.6 Å². The largest absolute Gasteiger partial charge is 0.497 e. The summed E-state index contributed by atoms with van der Waals surface area (Å²) in [6, 6.07) is 21.1. The van der Waals surface area contributed by atoms with Gasteiger partial charge in [0, 0.05) is 44.0 Å². The summed E-state index contributed by atoms with van der Waals surface area (Å²) >= 11 is 1.97. The fourth-order valence-corrected chi connectivity index (χ4v) is 9.15. The highest BCUT2D eigenvalue weighted by Crippen LogP contribution is 2.42. The first kappa shape index (κ1) is 35.5. The third-order valence-electron chi connectivity index (χ3n) is 9.13. The molecule has 0 aliphatic carbocycles. The number of rotatable bonds is 15. The molecule has 1 saturated heterocycles. The number of benzene rings is 3. The van der Waals surface area contributed by atoms with Crippen LogP contribution in [0, 0.1) is 6.92 Å². The number of methoxy groups -OCH3 is 2. The van der Waals surface area contributed by atoms with Crippen LogP contribution in [0.15, 0.2) is 71.6 Å². The van der Waals surface area contributed by atoms with Crippen molar-refractivity contribution in [3.63, 3.8) is 0 Å². The van der Waals surface area contributed by atoms with E-state index in [-0.39, 0.29) is 16.9 Å². The van der Waals surface area contributed by atoms with Crippen LogP contribution in [0.4, 0.5) is 5.69 Å². The predicted molar refractivity (Wildman–Crippen MR) is 191 cm³/mol. The Balaban J connectivity index is 1.52. The molecule has 0 amide bonds. The molecule has 3 aromatic carbocycles. The van der Waals surface area contributed by atoms with Gasteiger partial charge in [-0.15, -0.1) is 0 Å². The molecule has 1 fully saturated rings. The monoisotopic (exact) mass is 682 g/mol. The Morgan fingerprint density at radius 1 is 1.06 bits per heavy atom. The van der Waals surface area contributed by atoms with Gasteiger partial charge in [0.15, 0.2) is 5.44 Å². The van der Waals surface area contributed by atoms with E-state index in [1.807, 2.05) is 61.2 Å². The molecule has 1 N–H and O–H groups in total. The number of thioether (sulfide) groups is 1. The number of ether oxygens (including phenoxy) is 4. The lowest BCUT2D eigenvalue weighted by atomic mass is 9.83. The molecule has 0 saturated carbocycles. The molecule has 0 aromatic heterocycles. The van der Waals surface area contributed by atoms with E-state index in [4.69, 9.17) is 18.9 Å². The van der Waals surface area contributed by atoms with Crippen molar-refractivity contribution in [1.82, 2.24) is 5.32 Å². The van der Waals surface area contributed by atoms with Gasteiger partial charge in [-0.2, -0.15) is 11.8 Å². The summed E-state index contributed by atoms with van der Waals surface area (Å²) in [7, 11) is -0.576. The Hall–Kier alpha value is -2.76. The van der Waals surface area contributed by atoms with Gasteiger partial charge in [-0.05, 0) is 79.5 Å². The Kier molecular flexibility index (Phi) is 12.5. The van der Waals surface area contributed by atoms with Gasteiger partial charge in [-0.3, -0.25) is 0 Å². The maximum absolute atomic E-state index is 14.6. The number of fused-ring (bicyclic) bond motifs is 1. The zero-order valence-corrected chi connectivity index (χ0v) is 29.9. The summed E-state index contributed by atoms with van der Waals surface area (Å²) in [5.74, 6) is 2.61. The molecule has 2 heterocycles. The smallest absolute Gasteiger partial charge is 0.209 e. The second kappa shape index (κ2) is 16.6. The molecule has 5 rings (SSSR count). The SMILES string of the molecule is CCSC(C)C[C@H]1C[C@H](c2ccc(OC)cc2)[C@@H](OC(c2ccc3c(c2)N(CCCOC)CCO3)S(=O)(=O)c2ccc(C)cc2)CN1. The van der Waals surface area contributed by atoms with Gasteiger partial charge in [0.25, 0.3) is 0 Å². The van der Waals surface area contributed by atoms with Gasteiger partial charge in [-0.25, -0.2) is 8.42 Å². The molecule has 0 spiro atoms. The molecular formula is C37H50N2O6S2. The summed E-state index contributed by atoms with van der Waals surface area (Å²) < 4.78 is 52.8. The summed E-state index contributed by atoms with van der Waals surface area (Å²) in [6.45, 7) is 9.71. The van der Waals surface area contributed by atoms with E-state index < -0.39 is 15.3 Å². The zero-order chi connectivity index (χ0) is 33.4. The minimum atomic E-state index is -3.94. The summed E-state index contributed by atoms with van der Waals surface area (Å²) in [4.78, 5) is 2.49. The molecule has 2 unspecified atom stereocenters. The molecule has 2 aliphatic rings. The van der Waals surface area contributed by atoms with Crippen LogP contribution in [-0.2, 0) is 19.3 Å². The Morgan fingerprint density at radius 2 is 1.83 bits per heavy atom. The lowest BCUT2D eigenvalue weighted by Crippen LogP contribution is -2.48. The Morgan fingerprint density at radius 3 is 2.53 bits per heavy atom. The molecule has 5 atom stereocenters. The van der Waals surface area contributed by atoms with Crippen LogP contribution in [0.5, 0.6) is 11.5 Å². The van der Waals surface area contributed by atoms with Gasteiger partial charge < -0.3 is 29.2 Å². The normalized spacial score (nSPS) is 21.0. The average molecular weight is 683 g/mol. The van der Waals surface area contributed by atoms with Crippen molar-refractivity contribution in [2.45, 2.75) is 73.7 Å². The van der Waals surface area contributed by atoms with E-state index in [0.29, 0.717) is 36.6 Å². The number of hydrogen-bond donors (Lipinski definition) is 1. The summed E-state index contributed by atoms with van der Waals surface area (Å²) in [6.07, 6.45) is 2.35. The quantitative estimate of drug-likeness (QED) is 0.175. The van der Waals surface area contributed by atoms with Gasteiger partial charge in [-0.1, -0.05) is 49.7 Å². The van der Waals surface area contributed by atoms with Crippen LogP contribution in [0.25, 0.3) is 0 Å². The molecule has 256 valence electrons. The Labute approximate surface area is 285 Å². The van der Waals surface area contributed by atoms with E-state index in [9.17, 15) is 8.42 Å². The van der Waals surface area contributed by atoms with E-state index in [1.54, 1.807) is 26.4 Å². The number of nitrogens with one attached hydrogen (secondary N) is 1. The van der Waals surface area contributed by atoms with Crippen LogP contribution in [0.2, 0.25) is 0 Å². The fourth-order valence-electron chi connectivity index (χ4n) is 6.65. The lowest BCUT2D eigenvalue weighted by molar-refractivity contribution is -0.00660. The number of anilines is 1. The lowest BCUT2D eigenvalue weighted by Gasteiger charge is -2.40. The second-order valence-electron chi connectivity index (χ2n) is 12.5. The highest BCUT2D eigenvalue weighted by Gasteiger charge is 2.39. The van der Waals surface area contributed by atoms with Crippen LogP contribution >= 0.6 is 11.8 Å². The molecule has 2 aliphatic heterocycles. The molecular weight excluding hydrogens is 633 g/mol. The highest BCUT2D eigenvalue weighted by atomic mass is 32.2. The first-order valence-corrected chi connectivity index (χ1v) is 19.3. The predicted octanol–water partition coefficient (Wildman–Crippen LogP) is 6.77. The first-order chi connectivity index (χ1) is 22.7. The fraction of sp³-hybridized carbons (Fsp3) is 0.514. The van der Waals surface area contributed by atoms with Gasteiger partial charge in [0.1, 0.15) is 18.1 Å². The van der Waals surface area contributed by atoms with Crippen molar-refractivity contribution in [2.24, 2.45) is 0 Å². The third kappa shape index (κ3) is 8.83. The van der Waals surface area contributed by atoms with E-state index in [1.165, 1.54) is 0 Å². The topological polar surface area (TPSA) is 86.3 Å². The number of sulfone groups is 1. The molecule has 10 heteroatoms. The molecule has 8 nitrogen and oxygen atoms in total. The van der Waals surface area contributed by atoms with Crippen molar-refractivity contribution in [1.29, 1.82) is 0 Å². The van der Waals surface area contributed by atoms with E-state index >= 15 is 0 Å². The third-order valence-corrected chi connectivity index (χ3v) is 12.1. The molecule has 47 heavy (non-hydrogen) atoms. The van der Waals surface area contributed by atoms with E-state index in [0.717, 1.165) is 66.4 Å². The van der Waals surface area contributed by atoms with E-state index in [2.05, 4.69) is 36.2 Å². The average Bonchev–Trinajstić information content (AvgIpc) is 3.08. The van der Waals surface area contributed by atoms with Gasteiger partial charge in [0.2, 0.25) is 9.84 Å². The first-order valence-electron chi connectivity index (χ1n) is 16.7. The molecule has 3 aromatic rings. The van der Waals surface area contributed by atoms with Crippen molar-refractivity contribution >= 4 is 27.3 Å². The summed E-state index contributed by atoms with van der Waals surface area (Å²) in [5, 5.41) is 4.24.